The van der Waals surface area contributed by atoms with Crippen LogP contribution in [0.2, 0.25) is 0 Å². The molecular weight excluding hydrogens is 238 g/mol. The van der Waals surface area contributed by atoms with Crippen molar-refractivity contribution >= 4 is 28.1 Å². The molecule has 0 aliphatic carbocycles. The highest BCUT2D eigenvalue weighted by atomic mass is 32.2. The molecule has 1 heterocycles. The van der Waals surface area contributed by atoms with Crippen molar-refractivity contribution < 1.29 is 15.1 Å². The van der Waals surface area contributed by atoms with E-state index in [4.69, 9.17) is 10.2 Å². The third kappa shape index (κ3) is 4.17. The SMILES string of the molecule is O=[N+]([O-])c1cc(CSC[C@H](O)CO)cs1. The van der Waals surface area contributed by atoms with E-state index in [0.717, 1.165) is 16.9 Å². The highest BCUT2D eigenvalue weighted by Crippen LogP contribution is 2.25. The number of nitrogens with zero attached hydrogens (tertiary/aromatic N) is 1. The third-order valence-electron chi connectivity index (χ3n) is 1.61. The summed E-state index contributed by atoms with van der Waals surface area (Å²) in [7, 11) is 0. The number of hydrogen-bond acceptors (Lipinski definition) is 6. The van der Waals surface area contributed by atoms with Gasteiger partial charge in [-0.15, -0.1) is 0 Å². The highest BCUT2D eigenvalue weighted by Gasteiger charge is 2.10. The van der Waals surface area contributed by atoms with Crippen LogP contribution in [0.1, 0.15) is 5.56 Å². The van der Waals surface area contributed by atoms with Crippen LogP contribution in [0.25, 0.3) is 0 Å². The van der Waals surface area contributed by atoms with E-state index in [1.54, 1.807) is 5.38 Å². The van der Waals surface area contributed by atoms with Crippen molar-refractivity contribution in [2.75, 3.05) is 12.4 Å². The van der Waals surface area contributed by atoms with Gasteiger partial charge in [0.1, 0.15) is 0 Å². The molecule has 84 valence electrons. The number of thioether (sulfide) groups is 1. The fourth-order valence-corrected chi connectivity index (χ4v) is 2.63. The second-order valence-electron chi connectivity index (χ2n) is 2.90. The summed E-state index contributed by atoms with van der Waals surface area (Å²) in [6.07, 6.45) is -0.719. The Morgan fingerprint density at radius 3 is 2.93 bits per heavy atom. The summed E-state index contributed by atoms with van der Waals surface area (Å²) >= 11 is 2.54. The number of thiophene rings is 1. The predicted octanol–water partition coefficient (Wildman–Crippen LogP) is 1.24. The summed E-state index contributed by atoms with van der Waals surface area (Å²) in [6, 6.07) is 1.53. The first-order valence-electron chi connectivity index (χ1n) is 4.22. The molecule has 0 fully saturated rings. The van der Waals surface area contributed by atoms with Gasteiger partial charge in [0.2, 0.25) is 0 Å². The zero-order chi connectivity index (χ0) is 11.3. The zero-order valence-electron chi connectivity index (χ0n) is 7.83. The average Bonchev–Trinajstić information content (AvgIpc) is 2.66. The van der Waals surface area contributed by atoms with Crippen molar-refractivity contribution in [3.05, 3.63) is 27.1 Å². The molecule has 5 nitrogen and oxygen atoms in total. The lowest BCUT2D eigenvalue weighted by Crippen LogP contribution is -2.14. The molecule has 0 radical (unpaired) electrons. The number of rotatable bonds is 6. The largest absolute Gasteiger partial charge is 0.394 e. The van der Waals surface area contributed by atoms with Crippen LogP contribution in [-0.4, -0.2) is 33.6 Å². The van der Waals surface area contributed by atoms with Gasteiger partial charge in [-0.25, -0.2) is 0 Å². The fraction of sp³-hybridized carbons (Fsp3) is 0.500. The lowest BCUT2D eigenvalue weighted by atomic mass is 10.4. The highest BCUT2D eigenvalue weighted by molar-refractivity contribution is 7.98. The second-order valence-corrected chi connectivity index (χ2v) is 4.82. The molecule has 0 saturated carbocycles. The van der Waals surface area contributed by atoms with E-state index < -0.39 is 11.0 Å². The minimum Gasteiger partial charge on any atom is -0.394 e. The van der Waals surface area contributed by atoms with Crippen LogP contribution in [0, 0.1) is 10.1 Å². The normalized spacial score (nSPS) is 12.7. The second kappa shape index (κ2) is 6.06. The van der Waals surface area contributed by atoms with Gasteiger partial charge in [0.15, 0.2) is 0 Å². The van der Waals surface area contributed by atoms with Crippen LogP contribution >= 0.6 is 23.1 Å². The van der Waals surface area contributed by atoms with Gasteiger partial charge in [0, 0.05) is 23.0 Å². The van der Waals surface area contributed by atoms with Crippen LogP contribution in [-0.2, 0) is 5.75 Å². The van der Waals surface area contributed by atoms with Gasteiger partial charge in [-0.05, 0) is 5.56 Å². The molecule has 1 aromatic rings. The molecule has 1 atom stereocenters. The van der Waals surface area contributed by atoms with Gasteiger partial charge in [-0.2, -0.15) is 11.8 Å². The van der Waals surface area contributed by atoms with Crippen molar-refractivity contribution in [1.82, 2.24) is 0 Å². The Morgan fingerprint density at radius 2 is 2.40 bits per heavy atom. The van der Waals surface area contributed by atoms with Crippen molar-refractivity contribution in [3.8, 4) is 0 Å². The number of hydrogen-bond donors (Lipinski definition) is 2. The molecule has 0 amide bonds. The Labute approximate surface area is 94.9 Å². The molecule has 0 aromatic carbocycles. The van der Waals surface area contributed by atoms with E-state index in [2.05, 4.69) is 0 Å². The van der Waals surface area contributed by atoms with Gasteiger partial charge < -0.3 is 10.2 Å². The van der Waals surface area contributed by atoms with E-state index in [0.29, 0.717) is 11.5 Å². The van der Waals surface area contributed by atoms with Crippen molar-refractivity contribution in [1.29, 1.82) is 0 Å². The van der Waals surface area contributed by atoms with Crippen LogP contribution in [0.5, 0.6) is 0 Å². The van der Waals surface area contributed by atoms with Gasteiger partial charge in [0.05, 0.1) is 17.6 Å². The quantitative estimate of drug-likeness (QED) is 0.585. The maximum absolute atomic E-state index is 10.4. The van der Waals surface area contributed by atoms with E-state index in [1.807, 2.05) is 0 Å². The van der Waals surface area contributed by atoms with Gasteiger partial charge in [0.25, 0.3) is 0 Å². The Balaban J connectivity index is 2.35. The minimum atomic E-state index is -0.719. The van der Waals surface area contributed by atoms with Crippen molar-refractivity contribution in [2.45, 2.75) is 11.9 Å². The maximum Gasteiger partial charge on any atom is 0.324 e. The van der Waals surface area contributed by atoms with Crippen LogP contribution in [0.15, 0.2) is 11.4 Å². The number of aliphatic hydroxyl groups is 2. The Morgan fingerprint density at radius 1 is 1.67 bits per heavy atom. The molecule has 0 saturated heterocycles. The first-order valence-corrected chi connectivity index (χ1v) is 6.25. The van der Waals surface area contributed by atoms with Crippen LogP contribution < -0.4 is 0 Å². The summed E-state index contributed by atoms with van der Waals surface area (Å²) < 4.78 is 0. The lowest BCUT2D eigenvalue weighted by Gasteiger charge is -2.04. The maximum atomic E-state index is 10.4. The molecular formula is C8H11NO4S2. The Kier molecular flexibility index (Phi) is 5.03. The first-order chi connectivity index (χ1) is 7.13. The first kappa shape index (κ1) is 12.4. The van der Waals surface area contributed by atoms with Gasteiger partial charge in [-0.1, -0.05) is 11.3 Å². The Bertz CT molecular complexity index is 328. The summed E-state index contributed by atoms with van der Waals surface area (Å²) in [6.45, 7) is -0.253. The molecule has 2 N–H and O–H groups in total. The van der Waals surface area contributed by atoms with Crippen LogP contribution in [0.3, 0.4) is 0 Å². The standard InChI is InChI=1S/C8H11NO4S2/c10-2-7(11)5-14-3-6-1-8(9(12)13)15-4-6/h1,4,7,10-11H,2-3,5H2/t7-/m1/s1. The van der Waals surface area contributed by atoms with Gasteiger partial charge in [-0.3, -0.25) is 10.1 Å². The number of nitro groups is 1. The lowest BCUT2D eigenvalue weighted by molar-refractivity contribution is -0.380. The predicted molar refractivity (Wildman–Crippen MR) is 60.2 cm³/mol. The molecule has 0 aliphatic rings. The molecule has 7 heteroatoms. The molecule has 0 bridgehead atoms. The van der Waals surface area contributed by atoms with Gasteiger partial charge >= 0.3 is 5.00 Å². The van der Waals surface area contributed by atoms with Crippen LogP contribution in [0.4, 0.5) is 5.00 Å². The van der Waals surface area contributed by atoms with Crippen molar-refractivity contribution in [2.24, 2.45) is 0 Å². The molecule has 1 aromatic heterocycles. The summed E-state index contributed by atoms with van der Waals surface area (Å²) in [5.41, 5.74) is 0.877. The summed E-state index contributed by atoms with van der Waals surface area (Å²) in [4.78, 5) is 9.96. The smallest absolute Gasteiger partial charge is 0.324 e. The number of aliphatic hydroxyl groups excluding tert-OH is 2. The molecule has 0 spiro atoms. The third-order valence-corrected chi connectivity index (χ3v) is 3.70. The molecule has 15 heavy (non-hydrogen) atoms. The summed E-state index contributed by atoms with van der Waals surface area (Å²) in [5, 5.41) is 29.9. The molecule has 0 aliphatic heterocycles. The van der Waals surface area contributed by atoms with E-state index in [1.165, 1.54) is 17.8 Å². The fourth-order valence-electron chi connectivity index (χ4n) is 0.900. The topological polar surface area (TPSA) is 83.6 Å². The molecule has 0 unspecified atom stereocenters. The Hall–Kier alpha value is -0.630. The van der Waals surface area contributed by atoms with E-state index in [-0.39, 0.29) is 11.6 Å². The monoisotopic (exact) mass is 249 g/mol. The zero-order valence-corrected chi connectivity index (χ0v) is 9.46. The average molecular weight is 249 g/mol. The molecule has 1 rings (SSSR count). The minimum absolute atomic E-state index is 0.133. The van der Waals surface area contributed by atoms with E-state index in [9.17, 15) is 10.1 Å². The van der Waals surface area contributed by atoms with E-state index >= 15 is 0 Å². The summed E-state index contributed by atoms with van der Waals surface area (Å²) in [5.74, 6) is 1.04. The van der Waals surface area contributed by atoms with Crippen molar-refractivity contribution in [3.63, 3.8) is 0 Å².